The van der Waals surface area contributed by atoms with E-state index in [-0.39, 0.29) is 0 Å². The molecule has 1 N–H and O–H groups in total. The molecule has 0 atom stereocenters. The molecule has 0 radical (unpaired) electrons. The van der Waals surface area contributed by atoms with Crippen LogP contribution in [0.2, 0.25) is 0 Å². The summed E-state index contributed by atoms with van der Waals surface area (Å²) < 4.78 is 0. The number of rotatable bonds is 5. The lowest BCUT2D eigenvalue weighted by atomic mass is 10.1. The van der Waals surface area contributed by atoms with E-state index in [2.05, 4.69) is 46.7 Å². The van der Waals surface area contributed by atoms with Crippen LogP contribution in [0, 0.1) is 6.92 Å². The van der Waals surface area contributed by atoms with E-state index in [1.165, 1.54) is 5.56 Å². The molecule has 4 nitrogen and oxygen atoms in total. The van der Waals surface area contributed by atoms with Gasteiger partial charge in [0.1, 0.15) is 0 Å². The zero-order valence-corrected chi connectivity index (χ0v) is 16.5. The Morgan fingerprint density at radius 2 is 1.28 bits per heavy atom. The van der Waals surface area contributed by atoms with Crippen molar-refractivity contribution in [2.45, 2.75) is 13.8 Å². The summed E-state index contributed by atoms with van der Waals surface area (Å²) in [5, 5.41) is 4.49. The summed E-state index contributed by atoms with van der Waals surface area (Å²) in [6, 6.07) is 30.5. The predicted octanol–water partition coefficient (Wildman–Crippen LogP) is 5.96. The highest BCUT2D eigenvalue weighted by Gasteiger charge is 2.09. The maximum atomic E-state index is 4.70. The van der Waals surface area contributed by atoms with Gasteiger partial charge >= 0.3 is 0 Å². The van der Waals surface area contributed by atoms with E-state index in [0.29, 0.717) is 5.95 Å². The molecule has 0 amide bonds. The summed E-state index contributed by atoms with van der Waals surface area (Å²) in [6.45, 7) is 4.04. The van der Waals surface area contributed by atoms with Gasteiger partial charge in [-0.25, -0.2) is 15.4 Å². The van der Waals surface area contributed by atoms with Crippen LogP contribution in [0.5, 0.6) is 0 Å². The average molecular weight is 378 g/mol. The Morgan fingerprint density at radius 3 is 1.90 bits per heavy atom. The number of nitrogens with zero attached hydrogens (tertiary/aromatic N) is 3. The monoisotopic (exact) mass is 378 g/mol. The molecule has 29 heavy (non-hydrogen) atoms. The van der Waals surface area contributed by atoms with Gasteiger partial charge in [0.15, 0.2) is 0 Å². The number of nitrogens with one attached hydrogen (secondary N) is 1. The van der Waals surface area contributed by atoms with E-state index in [1.807, 2.05) is 73.7 Å². The third kappa shape index (κ3) is 4.55. The van der Waals surface area contributed by atoms with Crippen LogP contribution in [0.15, 0.2) is 96.1 Å². The highest BCUT2D eigenvalue weighted by Crippen LogP contribution is 2.25. The molecule has 0 aliphatic carbocycles. The molecule has 4 rings (SSSR count). The molecular formula is C25H22N4. The number of hydrogen-bond donors (Lipinski definition) is 1. The zero-order valence-electron chi connectivity index (χ0n) is 16.5. The Morgan fingerprint density at radius 1 is 0.724 bits per heavy atom. The summed E-state index contributed by atoms with van der Waals surface area (Å²) >= 11 is 0. The number of benzene rings is 3. The second-order valence-electron chi connectivity index (χ2n) is 6.87. The Balaban J connectivity index is 1.72. The van der Waals surface area contributed by atoms with Gasteiger partial charge in [0.2, 0.25) is 5.95 Å². The van der Waals surface area contributed by atoms with Crippen LogP contribution in [0.25, 0.3) is 22.5 Å². The van der Waals surface area contributed by atoms with Gasteiger partial charge in [-0.3, -0.25) is 0 Å². The minimum atomic E-state index is 0.470. The maximum absolute atomic E-state index is 4.70. The molecule has 1 heterocycles. The van der Waals surface area contributed by atoms with E-state index in [1.54, 1.807) is 0 Å². The van der Waals surface area contributed by atoms with Gasteiger partial charge in [-0.2, -0.15) is 5.10 Å². The highest BCUT2D eigenvalue weighted by atomic mass is 15.4. The minimum Gasteiger partial charge on any atom is -0.245 e. The van der Waals surface area contributed by atoms with Crippen LogP contribution >= 0.6 is 0 Å². The first-order chi connectivity index (χ1) is 14.2. The molecule has 4 heteroatoms. The summed E-state index contributed by atoms with van der Waals surface area (Å²) in [5.74, 6) is 0.470. The molecule has 0 unspecified atom stereocenters. The van der Waals surface area contributed by atoms with E-state index in [4.69, 9.17) is 4.98 Å². The lowest BCUT2D eigenvalue weighted by Gasteiger charge is -2.09. The molecule has 4 aromatic rings. The molecule has 0 spiro atoms. The summed E-state index contributed by atoms with van der Waals surface area (Å²) in [7, 11) is 0. The Labute approximate surface area is 171 Å². The third-order valence-electron chi connectivity index (χ3n) is 4.66. The molecule has 0 aliphatic rings. The molecule has 0 aliphatic heterocycles. The van der Waals surface area contributed by atoms with E-state index in [0.717, 1.165) is 33.8 Å². The van der Waals surface area contributed by atoms with Crippen molar-refractivity contribution in [3.05, 3.63) is 102 Å². The lowest BCUT2D eigenvalue weighted by Crippen LogP contribution is -2.03. The lowest BCUT2D eigenvalue weighted by molar-refractivity contribution is 1.12. The fourth-order valence-corrected chi connectivity index (χ4v) is 3.00. The minimum absolute atomic E-state index is 0.470. The predicted molar refractivity (Wildman–Crippen MR) is 120 cm³/mol. The van der Waals surface area contributed by atoms with E-state index >= 15 is 0 Å². The van der Waals surface area contributed by atoms with Crippen LogP contribution in [-0.4, -0.2) is 15.7 Å². The van der Waals surface area contributed by atoms with Crippen LogP contribution in [0.4, 0.5) is 5.95 Å². The van der Waals surface area contributed by atoms with E-state index < -0.39 is 0 Å². The van der Waals surface area contributed by atoms with Crippen molar-refractivity contribution in [3.8, 4) is 22.5 Å². The number of anilines is 1. The van der Waals surface area contributed by atoms with Crippen molar-refractivity contribution >= 4 is 11.7 Å². The SMILES string of the molecule is CC(=NNc1nc(-c2ccccc2)cc(-c2ccc(C)cc2)n1)c1ccccc1. The number of aromatic nitrogens is 2. The smallest absolute Gasteiger partial charge is 0.244 e. The molecule has 0 saturated carbocycles. The van der Waals surface area contributed by atoms with Gasteiger partial charge < -0.3 is 0 Å². The van der Waals surface area contributed by atoms with Gasteiger partial charge in [0.25, 0.3) is 0 Å². The molecule has 1 aromatic heterocycles. The van der Waals surface area contributed by atoms with Crippen LogP contribution in [0.1, 0.15) is 18.1 Å². The van der Waals surface area contributed by atoms with Gasteiger partial charge in [0, 0.05) is 11.1 Å². The van der Waals surface area contributed by atoms with Crippen molar-refractivity contribution in [1.82, 2.24) is 9.97 Å². The second-order valence-corrected chi connectivity index (χ2v) is 6.87. The molecule has 142 valence electrons. The highest BCUT2D eigenvalue weighted by molar-refractivity contribution is 5.98. The molecule has 0 bridgehead atoms. The average Bonchev–Trinajstić information content (AvgIpc) is 2.79. The quantitative estimate of drug-likeness (QED) is 0.344. The second kappa shape index (κ2) is 8.48. The van der Waals surface area contributed by atoms with Crippen molar-refractivity contribution in [2.75, 3.05) is 5.43 Å². The number of hydrazone groups is 1. The van der Waals surface area contributed by atoms with Crippen LogP contribution < -0.4 is 5.43 Å². The largest absolute Gasteiger partial charge is 0.245 e. The normalized spacial score (nSPS) is 11.3. The first-order valence-corrected chi connectivity index (χ1v) is 9.56. The topological polar surface area (TPSA) is 50.2 Å². The van der Waals surface area contributed by atoms with Gasteiger partial charge in [-0.1, -0.05) is 90.5 Å². The first kappa shape index (κ1) is 18.6. The Hall–Kier alpha value is -3.79. The zero-order chi connectivity index (χ0) is 20.1. The molecule has 0 fully saturated rings. The fraction of sp³-hybridized carbons (Fsp3) is 0.0800. The number of aryl methyl sites for hydroxylation is 1. The van der Waals surface area contributed by atoms with Gasteiger partial charge in [0.05, 0.1) is 17.1 Å². The number of hydrogen-bond acceptors (Lipinski definition) is 4. The van der Waals surface area contributed by atoms with Crippen molar-refractivity contribution in [3.63, 3.8) is 0 Å². The van der Waals surface area contributed by atoms with Gasteiger partial charge in [-0.05, 0) is 25.5 Å². The van der Waals surface area contributed by atoms with Gasteiger partial charge in [-0.15, -0.1) is 0 Å². The standard InChI is InChI=1S/C25H22N4/c1-18-13-15-22(16-14-18)24-17-23(21-11-7-4-8-12-21)26-25(27-24)29-28-19(2)20-9-5-3-6-10-20/h3-17H,1-2H3,(H,26,27,29). The van der Waals surface area contributed by atoms with E-state index in [9.17, 15) is 0 Å². The third-order valence-corrected chi connectivity index (χ3v) is 4.66. The fourth-order valence-electron chi connectivity index (χ4n) is 3.00. The maximum Gasteiger partial charge on any atom is 0.244 e. The summed E-state index contributed by atoms with van der Waals surface area (Å²) in [6.07, 6.45) is 0. The van der Waals surface area contributed by atoms with Crippen LogP contribution in [0.3, 0.4) is 0 Å². The Bertz CT molecular complexity index is 1120. The summed E-state index contributed by atoms with van der Waals surface area (Å²) in [5.41, 5.74) is 9.97. The van der Waals surface area contributed by atoms with Crippen molar-refractivity contribution in [2.24, 2.45) is 5.10 Å². The van der Waals surface area contributed by atoms with Crippen LogP contribution in [-0.2, 0) is 0 Å². The summed E-state index contributed by atoms with van der Waals surface area (Å²) in [4.78, 5) is 9.38. The van der Waals surface area contributed by atoms with Crippen molar-refractivity contribution < 1.29 is 0 Å². The molecular weight excluding hydrogens is 356 g/mol. The Kier molecular flexibility index (Phi) is 5.43. The molecule has 0 saturated heterocycles. The molecule has 3 aromatic carbocycles. The van der Waals surface area contributed by atoms with Crippen molar-refractivity contribution in [1.29, 1.82) is 0 Å². The first-order valence-electron chi connectivity index (χ1n) is 9.56.